The smallest absolute Gasteiger partial charge is 0.257 e. The first-order valence-electron chi connectivity index (χ1n) is 7.23. The molecule has 1 atom stereocenters. The average Bonchev–Trinajstić information content (AvgIpc) is 2.52. The molecule has 0 aromatic carbocycles. The van der Waals surface area contributed by atoms with Crippen molar-refractivity contribution in [3.8, 4) is 11.8 Å². The molecule has 21 heavy (non-hydrogen) atoms. The summed E-state index contributed by atoms with van der Waals surface area (Å²) in [7, 11) is 0. The number of carbonyl (C=O) groups excluding carboxylic acids is 1. The summed E-state index contributed by atoms with van der Waals surface area (Å²) in [6, 6.07) is 3.79. The van der Waals surface area contributed by atoms with E-state index < -0.39 is 0 Å². The van der Waals surface area contributed by atoms with Crippen molar-refractivity contribution in [3.63, 3.8) is 0 Å². The average molecular weight is 288 g/mol. The van der Waals surface area contributed by atoms with Crippen molar-refractivity contribution >= 4 is 5.91 Å². The van der Waals surface area contributed by atoms with Crippen LogP contribution in [0.3, 0.4) is 0 Å². The predicted octanol–water partition coefficient (Wildman–Crippen LogP) is 1.24. The summed E-state index contributed by atoms with van der Waals surface area (Å²) in [5.41, 5.74) is 0.281. The Morgan fingerprint density at radius 1 is 1.48 bits per heavy atom. The van der Waals surface area contributed by atoms with Crippen LogP contribution in [0.5, 0.6) is 5.75 Å². The molecule has 0 spiro atoms. The van der Waals surface area contributed by atoms with Gasteiger partial charge in [-0.25, -0.2) is 0 Å². The van der Waals surface area contributed by atoms with E-state index in [0.717, 1.165) is 12.8 Å². The van der Waals surface area contributed by atoms with Gasteiger partial charge in [-0.05, 0) is 12.5 Å². The van der Waals surface area contributed by atoms with E-state index in [1.807, 2.05) is 0 Å². The number of aromatic hydroxyl groups is 1. The Bertz CT molecular complexity index is 533. The van der Waals surface area contributed by atoms with Crippen LogP contribution in [-0.4, -0.2) is 58.0 Å². The highest BCUT2D eigenvalue weighted by atomic mass is 16.3. The maximum Gasteiger partial charge on any atom is 0.257 e. The molecule has 0 aliphatic carbocycles. The van der Waals surface area contributed by atoms with Gasteiger partial charge in [0.2, 0.25) is 0 Å². The Hall–Kier alpha value is -2.13. The van der Waals surface area contributed by atoms with Crippen molar-refractivity contribution in [3.05, 3.63) is 24.0 Å². The lowest BCUT2D eigenvalue weighted by molar-refractivity contribution is 0.0598. The molecule has 112 valence electrons. The number of piperazine rings is 1. The normalized spacial score (nSPS) is 17.2. The molecule has 1 aliphatic rings. The predicted molar refractivity (Wildman–Crippen MR) is 77.7 cm³/mol. The minimum atomic E-state index is -0.182. The van der Waals surface area contributed by atoms with Crippen LogP contribution in [0, 0.1) is 11.3 Å². The number of nitrogens with zero attached hydrogens (tertiary/aromatic N) is 4. The molecule has 6 heteroatoms. The molecular formula is C15H20N4O2. The van der Waals surface area contributed by atoms with Gasteiger partial charge in [-0.1, -0.05) is 13.3 Å². The van der Waals surface area contributed by atoms with E-state index in [4.69, 9.17) is 0 Å². The fourth-order valence-electron chi connectivity index (χ4n) is 2.58. The highest BCUT2D eigenvalue weighted by molar-refractivity contribution is 5.96. The van der Waals surface area contributed by atoms with Gasteiger partial charge in [0.25, 0.3) is 5.91 Å². The van der Waals surface area contributed by atoms with Crippen LogP contribution in [0.4, 0.5) is 0 Å². The lowest BCUT2D eigenvalue weighted by Gasteiger charge is -2.37. The summed E-state index contributed by atoms with van der Waals surface area (Å²) < 4.78 is 0. The molecule has 1 aromatic rings. The second-order valence-corrected chi connectivity index (χ2v) is 5.15. The van der Waals surface area contributed by atoms with Crippen LogP contribution in [-0.2, 0) is 0 Å². The number of aromatic nitrogens is 1. The minimum Gasteiger partial charge on any atom is -0.505 e. The molecule has 1 fully saturated rings. The highest BCUT2D eigenvalue weighted by Gasteiger charge is 2.27. The third-order valence-corrected chi connectivity index (χ3v) is 3.78. The maximum absolute atomic E-state index is 12.3. The Balaban J connectivity index is 1.97. The van der Waals surface area contributed by atoms with Gasteiger partial charge in [0, 0.05) is 32.4 Å². The monoisotopic (exact) mass is 288 g/mol. The summed E-state index contributed by atoms with van der Waals surface area (Å²) in [5, 5.41) is 18.9. The summed E-state index contributed by atoms with van der Waals surface area (Å²) >= 11 is 0. The van der Waals surface area contributed by atoms with Gasteiger partial charge >= 0.3 is 0 Å². The second-order valence-electron chi connectivity index (χ2n) is 5.15. The second kappa shape index (κ2) is 7.04. The fourth-order valence-corrected chi connectivity index (χ4v) is 2.58. The van der Waals surface area contributed by atoms with Crippen molar-refractivity contribution in [2.45, 2.75) is 25.8 Å². The summed E-state index contributed by atoms with van der Waals surface area (Å²) in [6.45, 7) is 4.59. The van der Waals surface area contributed by atoms with E-state index in [2.05, 4.69) is 22.9 Å². The Morgan fingerprint density at radius 2 is 2.19 bits per heavy atom. The lowest BCUT2D eigenvalue weighted by Crippen LogP contribution is -2.51. The molecule has 6 nitrogen and oxygen atoms in total. The Morgan fingerprint density at radius 3 is 2.76 bits per heavy atom. The van der Waals surface area contributed by atoms with E-state index in [-0.39, 0.29) is 23.3 Å². The highest BCUT2D eigenvalue weighted by Crippen LogP contribution is 2.18. The van der Waals surface area contributed by atoms with Gasteiger partial charge in [-0.2, -0.15) is 5.26 Å². The van der Waals surface area contributed by atoms with Gasteiger partial charge in [-0.15, -0.1) is 0 Å². The van der Waals surface area contributed by atoms with E-state index in [1.165, 1.54) is 18.5 Å². The van der Waals surface area contributed by atoms with Gasteiger partial charge in [0.05, 0.1) is 23.9 Å². The van der Waals surface area contributed by atoms with Gasteiger partial charge in [0.15, 0.2) is 0 Å². The van der Waals surface area contributed by atoms with Crippen molar-refractivity contribution in [1.29, 1.82) is 5.26 Å². The SMILES string of the molecule is CCCC(C#N)N1CCN(C(=O)c2ccncc2O)CC1. The van der Waals surface area contributed by atoms with Gasteiger partial charge in [0.1, 0.15) is 5.75 Å². The van der Waals surface area contributed by atoms with Crippen LogP contribution < -0.4 is 0 Å². The van der Waals surface area contributed by atoms with Crippen molar-refractivity contribution in [2.24, 2.45) is 0 Å². The number of nitriles is 1. The molecule has 1 unspecified atom stereocenters. The summed E-state index contributed by atoms with van der Waals surface area (Å²) in [6.07, 6.45) is 4.60. The molecule has 1 amide bonds. The van der Waals surface area contributed by atoms with Crippen LogP contribution in [0.2, 0.25) is 0 Å². The van der Waals surface area contributed by atoms with Crippen molar-refractivity contribution in [1.82, 2.24) is 14.8 Å². The maximum atomic E-state index is 12.3. The molecular weight excluding hydrogens is 268 g/mol. The first-order valence-corrected chi connectivity index (χ1v) is 7.23. The van der Waals surface area contributed by atoms with Crippen molar-refractivity contribution in [2.75, 3.05) is 26.2 Å². The molecule has 1 N–H and O–H groups in total. The summed E-state index contributed by atoms with van der Waals surface area (Å²) in [5.74, 6) is -0.274. The van der Waals surface area contributed by atoms with Crippen LogP contribution in [0.1, 0.15) is 30.1 Å². The Kier molecular flexibility index (Phi) is 5.12. The number of hydrogen-bond donors (Lipinski definition) is 1. The molecule has 2 rings (SSSR count). The third kappa shape index (κ3) is 3.50. The summed E-state index contributed by atoms with van der Waals surface area (Å²) in [4.78, 5) is 20.0. The molecule has 0 radical (unpaired) electrons. The number of amides is 1. The molecule has 0 bridgehead atoms. The molecule has 2 heterocycles. The number of rotatable bonds is 4. The first-order chi connectivity index (χ1) is 10.2. The fraction of sp³-hybridized carbons (Fsp3) is 0.533. The largest absolute Gasteiger partial charge is 0.505 e. The first kappa shape index (κ1) is 15.3. The number of hydrogen-bond acceptors (Lipinski definition) is 5. The number of pyridine rings is 1. The van der Waals surface area contributed by atoms with E-state index in [1.54, 1.807) is 4.90 Å². The Labute approximate surface area is 124 Å². The number of carbonyl (C=O) groups is 1. The molecule has 0 saturated carbocycles. The quantitative estimate of drug-likeness (QED) is 0.901. The molecule has 1 aromatic heterocycles. The van der Waals surface area contributed by atoms with Crippen LogP contribution >= 0.6 is 0 Å². The topological polar surface area (TPSA) is 80.5 Å². The van der Waals surface area contributed by atoms with E-state index in [9.17, 15) is 15.2 Å². The van der Waals surface area contributed by atoms with Crippen LogP contribution in [0.25, 0.3) is 0 Å². The third-order valence-electron chi connectivity index (χ3n) is 3.78. The lowest BCUT2D eigenvalue weighted by atomic mass is 10.1. The van der Waals surface area contributed by atoms with Gasteiger partial charge < -0.3 is 10.0 Å². The van der Waals surface area contributed by atoms with Crippen LogP contribution in [0.15, 0.2) is 18.5 Å². The molecule has 1 saturated heterocycles. The van der Waals surface area contributed by atoms with E-state index >= 15 is 0 Å². The minimum absolute atomic E-state index is 0.0680. The van der Waals surface area contributed by atoms with E-state index in [0.29, 0.717) is 26.2 Å². The molecule has 1 aliphatic heterocycles. The van der Waals surface area contributed by atoms with Gasteiger partial charge in [-0.3, -0.25) is 14.7 Å². The zero-order valence-corrected chi connectivity index (χ0v) is 12.2. The zero-order chi connectivity index (χ0) is 15.2. The zero-order valence-electron chi connectivity index (χ0n) is 12.2. The standard InChI is InChI=1S/C15H20N4O2/c1-2-3-12(10-16)18-6-8-19(9-7-18)15(21)13-4-5-17-11-14(13)20/h4-5,11-12,20H,2-3,6-9H2,1H3. The van der Waals surface area contributed by atoms with Crippen molar-refractivity contribution < 1.29 is 9.90 Å².